The van der Waals surface area contributed by atoms with Gasteiger partial charge in [0, 0.05) is 44.3 Å². The molecule has 0 radical (unpaired) electrons. The van der Waals surface area contributed by atoms with Crippen LogP contribution in [-0.2, 0) is 61.1 Å². The molecule has 95 heavy (non-hydrogen) atoms. The summed E-state index contributed by atoms with van der Waals surface area (Å²) in [4.78, 5) is 77.6. The first-order chi connectivity index (χ1) is 45.3. The summed E-state index contributed by atoms with van der Waals surface area (Å²) in [5, 5.41) is 0. The van der Waals surface area contributed by atoms with Crippen LogP contribution >= 0.6 is 0 Å². The lowest BCUT2D eigenvalue weighted by Crippen LogP contribution is -2.60. The zero-order valence-electron chi connectivity index (χ0n) is 58.7. The molecule has 15 aliphatic carbocycles. The first-order valence-corrected chi connectivity index (χ1v) is 37.6. The van der Waals surface area contributed by atoms with Crippen LogP contribution in [0.25, 0.3) is 33.1 Å². The first-order valence-electron chi connectivity index (χ1n) is 37.6. The fourth-order valence-corrected chi connectivity index (χ4v) is 30.1. The lowest BCUT2D eigenvalue weighted by molar-refractivity contribution is -0.178. The van der Waals surface area contributed by atoms with Crippen molar-refractivity contribution in [2.45, 2.75) is 261 Å². The highest BCUT2D eigenvalue weighted by Crippen LogP contribution is 2.77. The average Bonchev–Trinajstić information content (AvgIpc) is 1.60. The number of nitrogens with zero attached hydrogens (tertiary/aromatic N) is 6. The zero-order valence-corrected chi connectivity index (χ0v) is 58.7. The number of methoxy groups -OCH3 is 3. The highest BCUT2D eigenvalue weighted by Gasteiger charge is 2.73. The van der Waals surface area contributed by atoms with E-state index in [4.69, 9.17) is 44.1 Å². The van der Waals surface area contributed by atoms with Gasteiger partial charge in [-0.15, -0.1) is 0 Å². The fourth-order valence-electron chi connectivity index (χ4n) is 30.1. The molecule has 21 rings (SSSR count). The average molecular weight is 1280 g/mol. The Morgan fingerprint density at radius 3 is 0.789 bits per heavy atom. The van der Waals surface area contributed by atoms with Crippen molar-refractivity contribution in [2.24, 2.45) is 68.0 Å². The van der Waals surface area contributed by atoms with Crippen LogP contribution in [0.3, 0.4) is 0 Å². The van der Waals surface area contributed by atoms with Gasteiger partial charge in [-0.05, 0) is 277 Å². The second kappa shape index (κ2) is 18.1. The predicted molar refractivity (Wildman–Crippen MR) is 364 cm³/mol. The van der Waals surface area contributed by atoms with Gasteiger partial charge in [-0.1, -0.05) is 60.8 Å². The van der Waals surface area contributed by atoms with Crippen LogP contribution in [0.5, 0.6) is 0 Å². The maximum absolute atomic E-state index is 13.8. The molecule has 496 valence electrons. The van der Waals surface area contributed by atoms with Gasteiger partial charge in [0.25, 0.3) is 0 Å². The Balaban J connectivity index is 0.758. The van der Waals surface area contributed by atoms with Crippen molar-refractivity contribution in [3.8, 4) is 0 Å². The standard InChI is InChI=1S/C83H98N6O6/c1-72-28-16-59-76(5)23-14-26-79(8,70(91)94-11)56(76)20-32-82(59,40-72)67-63(72)84-49-34-43-47(38-53(49)88-67)62-45-36-51-52(87-66-65(86-51)74(3)30-18-58-75(4)22-13-25-78(7,69(90)93-10)55(75)19-31-81(58,66)42-74)37-46(45)61(43)44-35-50-54(39-48(44)62)89-68-64(85-50)73(2)29-17-60-77(6)24-15-27-80(9,71(92)95-12)57(77)21-33-83(60,68)41-73/h34-39,55-62H,13-33,40-42H2,1-12H3. The van der Waals surface area contributed by atoms with Crippen molar-refractivity contribution in [1.29, 1.82) is 0 Å². The zero-order chi connectivity index (χ0) is 65.3. The van der Waals surface area contributed by atoms with Crippen LogP contribution in [0.1, 0.15) is 296 Å². The maximum Gasteiger partial charge on any atom is 0.311 e. The van der Waals surface area contributed by atoms with Crippen LogP contribution in [0.15, 0.2) is 36.4 Å². The molecule has 12 nitrogen and oxygen atoms in total. The van der Waals surface area contributed by atoms with E-state index in [2.05, 4.69) is 98.7 Å². The van der Waals surface area contributed by atoms with E-state index in [-0.39, 0.29) is 96.2 Å². The van der Waals surface area contributed by atoms with Crippen LogP contribution in [0, 0.1) is 68.0 Å². The molecule has 9 saturated carbocycles. The Labute approximate surface area is 560 Å². The highest BCUT2D eigenvalue weighted by atomic mass is 16.5. The minimum atomic E-state index is -0.482. The first kappa shape index (κ1) is 59.2. The number of carbonyl (C=O) groups is 3. The van der Waals surface area contributed by atoms with E-state index in [9.17, 15) is 14.4 Å². The van der Waals surface area contributed by atoms with Crippen molar-refractivity contribution in [1.82, 2.24) is 29.9 Å². The third-order valence-corrected chi connectivity index (χ3v) is 33.6. The van der Waals surface area contributed by atoms with Crippen molar-refractivity contribution in [3.63, 3.8) is 0 Å². The minimum absolute atomic E-state index is 0.00421. The van der Waals surface area contributed by atoms with Crippen LogP contribution in [0.2, 0.25) is 0 Å². The molecule has 0 saturated heterocycles. The molecule has 3 aromatic heterocycles. The molecule has 8 bridgehead atoms. The normalized spacial score (nSPS) is 45.1. The number of hydrogen-bond acceptors (Lipinski definition) is 12. The molecule has 0 amide bonds. The third kappa shape index (κ3) is 6.70. The maximum atomic E-state index is 13.8. The molecule has 18 atom stereocenters. The quantitative estimate of drug-likeness (QED) is 0.122. The largest absolute Gasteiger partial charge is 0.469 e. The SMILES string of the molecule is COC(=O)C1(C)CCCC2(C)C1CCC13CC(C)(CCC12)c1nc2cc4c(cc2nc13)C1c2cc3nc5c(nc3cc2C4c2cc3nc4c(nc3cc21)C1(C)CCC2C4(CCC3C(C)(C(=O)OC)CCCC32C)C1)C12CCC3C(C)(C(=O)OC)CCCC3(C)C1CCC5(C)C2. The summed E-state index contributed by atoms with van der Waals surface area (Å²) >= 11 is 0. The van der Waals surface area contributed by atoms with E-state index < -0.39 is 16.2 Å². The van der Waals surface area contributed by atoms with Gasteiger partial charge in [-0.25, -0.2) is 29.9 Å². The molecular formula is C83H98N6O6. The van der Waals surface area contributed by atoms with Crippen molar-refractivity contribution in [2.75, 3.05) is 21.3 Å². The monoisotopic (exact) mass is 1270 g/mol. The number of rotatable bonds is 3. The second-order valence-corrected chi connectivity index (χ2v) is 37.6. The van der Waals surface area contributed by atoms with Crippen LogP contribution < -0.4 is 0 Å². The molecule has 3 aromatic carbocycles. The summed E-state index contributed by atoms with van der Waals surface area (Å²) in [6.45, 7) is 21.8. The number of carbonyl (C=O) groups excluding carboxylic acids is 3. The molecule has 3 spiro atoms. The van der Waals surface area contributed by atoms with Gasteiger partial charge >= 0.3 is 17.9 Å². The lowest BCUT2D eigenvalue weighted by atomic mass is 9.40. The molecule has 0 aliphatic heterocycles. The number of ether oxygens (including phenoxy) is 3. The molecular weight excluding hydrogens is 1180 g/mol. The smallest absolute Gasteiger partial charge is 0.311 e. The van der Waals surface area contributed by atoms with E-state index in [1.165, 1.54) is 67.5 Å². The minimum Gasteiger partial charge on any atom is -0.469 e. The van der Waals surface area contributed by atoms with Gasteiger partial charge in [0.05, 0.1) is 105 Å². The van der Waals surface area contributed by atoms with Crippen LogP contribution in [0.4, 0.5) is 0 Å². The molecule has 18 unspecified atom stereocenters. The second-order valence-electron chi connectivity index (χ2n) is 37.6. The molecule has 15 aliphatic rings. The van der Waals surface area contributed by atoms with Gasteiger partial charge in [0.2, 0.25) is 0 Å². The van der Waals surface area contributed by atoms with Gasteiger partial charge in [0.1, 0.15) is 0 Å². The van der Waals surface area contributed by atoms with Crippen molar-refractivity contribution >= 4 is 51.0 Å². The number of benzene rings is 3. The molecule has 3 heterocycles. The Bertz CT molecular complexity index is 4380. The van der Waals surface area contributed by atoms with E-state index >= 15 is 0 Å². The Hall–Kier alpha value is -5.91. The van der Waals surface area contributed by atoms with Gasteiger partial charge in [-0.3, -0.25) is 14.4 Å². The molecule has 6 aromatic rings. The Morgan fingerprint density at radius 2 is 0.547 bits per heavy atom. The molecule has 12 heteroatoms. The van der Waals surface area contributed by atoms with E-state index in [0.29, 0.717) is 17.8 Å². The summed E-state index contributed by atoms with van der Waals surface area (Å²) in [7, 11) is 4.76. The summed E-state index contributed by atoms with van der Waals surface area (Å²) in [5.74, 6) is 1.77. The predicted octanol–water partition coefficient (Wildman–Crippen LogP) is 16.8. The highest BCUT2D eigenvalue weighted by molar-refractivity contribution is 5.89. The summed E-state index contributed by atoms with van der Waals surface area (Å²) in [6.07, 6.45) is 25.2. The van der Waals surface area contributed by atoms with Gasteiger partial charge in [0.15, 0.2) is 0 Å². The number of fused-ring (bicyclic) bond motifs is 18. The summed E-state index contributed by atoms with van der Waals surface area (Å²) in [5.41, 5.74) is 19.3. The number of esters is 3. The number of hydrogen-bond donors (Lipinski definition) is 0. The topological polar surface area (TPSA) is 156 Å². The molecule has 0 N–H and O–H groups in total. The van der Waals surface area contributed by atoms with Gasteiger partial charge < -0.3 is 14.2 Å². The fraction of sp³-hybridized carbons (Fsp3) is 0.675. The Morgan fingerprint density at radius 1 is 0.316 bits per heavy atom. The lowest BCUT2D eigenvalue weighted by Gasteiger charge is -2.63. The summed E-state index contributed by atoms with van der Waals surface area (Å²) < 4.78 is 16.9. The molecule has 9 fully saturated rings. The van der Waals surface area contributed by atoms with Crippen LogP contribution in [-0.4, -0.2) is 69.1 Å². The summed E-state index contributed by atoms with van der Waals surface area (Å²) in [6, 6.07) is 14.8. The third-order valence-electron chi connectivity index (χ3n) is 33.6. The van der Waals surface area contributed by atoms with Crippen molar-refractivity contribution in [3.05, 3.63) is 104 Å². The van der Waals surface area contributed by atoms with Gasteiger partial charge in [-0.2, -0.15) is 0 Å². The van der Waals surface area contributed by atoms with E-state index in [1.54, 1.807) is 21.3 Å². The Kier molecular flexibility index (Phi) is 11.3. The van der Waals surface area contributed by atoms with E-state index in [1.807, 2.05) is 0 Å². The van der Waals surface area contributed by atoms with E-state index in [0.717, 1.165) is 187 Å². The van der Waals surface area contributed by atoms with Crippen molar-refractivity contribution < 1.29 is 28.6 Å². The number of aromatic nitrogens is 6.